The SMILES string of the molecule is Cc1ncc(Oc2cccc(CCN)c2)cn1. The number of ether oxygens (including phenoxy) is 1. The molecule has 0 saturated carbocycles. The maximum atomic E-state index is 5.65. The van der Waals surface area contributed by atoms with Crippen molar-refractivity contribution < 1.29 is 4.74 Å². The highest BCUT2D eigenvalue weighted by Gasteiger charge is 1.99. The van der Waals surface area contributed by atoms with E-state index in [9.17, 15) is 0 Å². The number of hydrogen-bond donors (Lipinski definition) is 1. The van der Waals surface area contributed by atoms with Crippen LogP contribution < -0.4 is 10.5 Å². The normalized spacial score (nSPS) is 10.2. The zero-order valence-corrected chi connectivity index (χ0v) is 9.76. The molecule has 0 spiro atoms. The van der Waals surface area contributed by atoms with E-state index in [1.807, 2.05) is 31.2 Å². The Morgan fingerprint density at radius 2 is 1.94 bits per heavy atom. The van der Waals surface area contributed by atoms with Gasteiger partial charge in [-0.2, -0.15) is 0 Å². The van der Waals surface area contributed by atoms with Gasteiger partial charge >= 0.3 is 0 Å². The van der Waals surface area contributed by atoms with Gasteiger partial charge in [0.1, 0.15) is 11.6 Å². The van der Waals surface area contributed by atoms with Gasteiger partial charge in [-0.25, -0.2) is 9.97 Å². The standard InChI is InChI=1S/C13H15N3O/c1-10-15-8-13(9-16-10)17-12-4-2-3-11(7-12)5-6-14/h2-4,7-9H,5-6,14H2,1H3. The predicted octanol–water partition coefficient (Wildman–Crippen LogP) is 2.08. The first-order chi connectivity index (χ1) is 8.28. The fraction of sp³-hybridized carbons (Fsp3) is 0.231. The summed E-state index contributed by atoms with van der Waals surface area (Å²) < 4.78 is 5.65. The number of rotatable bonds is 4. The van der Waals surface area contributed by atoms with Crippen molar-refractivity contribution in [3.63, 3.8) is 0 Å². The van der Waals surface area contributed by atoms with Crippen molar-refractivity contribution in [2.75, 3.05) is 6.54 Å². The Labute approximate surface area is 100 Å². The quantitative estimate of drug-likeness (QED) is 0.872. The lowest BCUT2D eigenvalue weighted by Crippen LogP contribution is -2.02. The molecule has 0 aliphatic carbocycles. The summed E-state index contributed by atoms with van der Waals surface area (Å²) in [4.78, 5) is 8.16. The van der Waals surface area contributed by atoms with E-state index in [1.165, 1.54) is 0 Å². The van der Waals surface area contributed by atoms with Gasteiger partial charge in [0.05, 0.1) is 12.4 Å². The molecule has 88 valence electrons. The van der Waals surface area contributed by atoms with Crippen molar-refractivity contribution in [3.05, 3.63) is 48.0 Å². The molecular weight excluding hydrogens is 214 g/mol. The fourth-order valence-electron chi connectivity index (χ4n) is 1.50. The minimum atomic E-state index is 0.636. The van der Waals surface area contributed by atoms with Crippen LogP contribution in [0.1, 0.15) is 11.4 Å². The number of nitrogens with zero attached hydrogens (tertiary/aromatic N) is 2. The summed E-state index contributed by atoms with van der Waals surface area (Å²) in [5.41, 5.74) is 6.68. The Balaban J connectivity index is 2.12. The van der Waals surface area contributed by atoms with Gasteiger partial charge in [0.15, 0.2) is 5.75 Å². The minimum Gasteiger partial charge on any atom is -0.454 e. The largest absolute Gasteiger partial charge is 0.454 e. The van der Waals surface area contributed by atoms with Crippen molar-refractivity contribution in [1.82, 2.24) is 9.97 Å². The van der Waals surface area contributed by atoms with Gasteiger partial charge in [0, 0.05) is 0 Å². The summed E-state index contributed by atoms with van der Waals surface area (Å²) in [5.74, 6) is 2.15. The van der Waals surface area contributed by atoms with E-state index in [1.54, 1.807) is 12.4 Å². The molecule has 4 heteroatoms. The topological polar surface area (TPSA) is 61.0 Å². The summed E-state index contributed by atoms with van der Waals surface area (Å²) >= 11 is 0. The van der Waals surface area contributed by atoms with Crippen molar-refractivity contribution in [3.8, 4) is 11.5 Å². The van der Waals surface area contributed by atoms with Gasteiger partial charge in [0.25, 0.3) is 0 Å². The fourth-order valence-corrected chi connectivity index (χ4v) is 1.50. The van der Waals surface area contributed by atoms with Crippen LogP contribution in [0.25, 0.3) is 0 Å². The molecule has 0 unspecified atom stereocenters. The van der Waals surface area contributed by atoms with E-state index in [2.05, 4.69) is 9.97 Å². The van der Waals surface area contributed by atoms with Crippen LogP contribution >= 0.6 is 0 Å². The molecule has 0 fully saturated rings. The average Bonchev–Trinajstić information content (AvgIpc) is 2.33. The van der Waals surface area contributed by atoms with Crippen LogP contribution in [0.4, 0.5) is 0 Å². The number of hydrogen-bond acceptors (Lipinski definition) is 4. The Bertz CT molecular complexity index is 482. The molecular formula is C13H15N3O. The third kappa shape index (κ3) is 3.26. The molecule has 0 atom stereocenters. The van der Waals surface area contributed by atoms with Crippen molar-refractivity contribution in [1.29, 1.82) is 0 Å². The minimum absolute atomic E-state index is 0.636. The predicted molar refractivity (Wildman–Crippen MR) is 66.0 cm³/mol. The molecule has 1 aromatic heterocycles. The van der Waals surface area contributed by atoms with Gasteiger partial charge in [-0.1, -0.05) is 12.1 Å². The second-order valence-electron chi connectivity index (χ2n) is 3.75. The van der Waals surface area contributed by atoms with Crippen LogP contribution in [0.3, 0.4) is 0 Å². The van der Waals surface area contributed by atoms with Crippen LogP contribution in [0.2, 0.25) is 0 Å². The lowest BCUT2D eigenvalue weighted by atomic mass is 10.1. The Morgan fingerprint density at radius 1 is 1.18 bits per heavy atom. The molecule has 0 saturated heterocycles. The first kappa shape index (κ1) is 11.5. The highest BCUT2D eigenvalue weighted by molar-refractivity contribution is 5.32. The number of aryl methyl sites for hydroxylation is 1. The molecule has 0 radical (unpaired) electrons. The molecule has 1 heterocycles. The monoisotopic (exact) mass is 229 g/mol. The van der Waals surface area contributed by atoms with Crippen molar-refractivity contribution in [2.45, 2.75) is 13.3 Å². The van der Waals surface area contributed by atoms with E-state index in [0.717, 1.165) is 23.6 Å². The molecule has 1 aromatic carbocycles. The average molecular weight is 229 g/mol. The molecule has 0 amide bonds. The Kier molecular flexibility index (Phi) is 3.67. The van der Waals surface area contributed by atoms with Gasteiger partial charge in [-0.15, -0.1) is 0 Å². The van der Waals surface area contributed by atoms with Crippen molar-refractivity contribution in [2.24, 2.45) is 5.73 Å². The molecule has 0 bridgehead atoms. The second-order valence-corrected chi connectivity index (χ2v) is 3.75. The number of benzene rings is 1. The van der Waals surface area contributed by atoms with Crippen LogP contribution in [0.15, 0.2) is 36.7 Å². The lowest BCUT2D eigenvalue weighted by Gasteiger charge is -2.06. The van der Waals surface area contributed by atoms with Crippen LogP contribution in [0.5, 0.6) is 11.5 Å². The second kappa shape index (κ2) is 5.41. The van der Waals surface area contributed by atoms with Crippen LogP contribution in [-0.4, -0.2) is 16.5 Å². The molecule has 0 aliphatic heterocycles. The van der Waals surface area contributed by atoms with Gasteiger partial charge < -0.3 is 10.5 Å². The Hall–Kier alpha value is -1.94. The van der Waals surface area contributed by atoms with E-state index < -0.39 is 0 Å². The zero-order chi connectivity index (χ0) is 12.1. The van der Waals surface area contributed by atoms with E-state index >= 15 is 0 Å². The highest BCUT2D eigenvalue weighted by Crippen LogP contribution is 2.20. The van der Waals surface area contributed by atoms with Gasteiger partial charge in [-0.05, 0) is 37.6 Å². The van der Waals surface area contributed by atoms with Crippen LogP contribution in [-0.2, 0) is 6.42 Å². The maximum Gasteiger partial charge on any atom is 0.164 e. The molecule has 2 rings (SSSR count). The summed E-state index contributed by atoms with van der Waals surface area (Å²) in [7, 11) is 0. The summed E-state index contributed by atoms with van der Waals surface area (Å²) in [5, 5.41) is 0. The zero-order valence-electron chi connectivity index (χ0n) is 9.76. The number of aromatic nitrogens is 2. The first-order valence-corrected chi connectivity index (χ1v) is 5.53. The summed E-state index contributed by atoms with van der Waals surface area (Å²) in [6.07, 6.45) is 4.18. The lowest BCUT2D eigenvalue weighted by molar-refractivity contribution is 0.476. The highest BCUT2D eigenvalue weighted by atomic mass is 16.5. The molecule has 0 aliphatic rings. The van der Waals surface area contributed by atoms with E-state index in [4.69, 9.17) is 10.5 Å². The third-order valence-electron chi connectivity index (χ3n) is 2.32. The maximum absolute atomic E-state index is 5.65. The van der Waals surface area contributed by atoms with Crippen LogP contribution in [0, 0.1) is 6.92 Å². The molecule has 17 heavy (non-hydrogen) atoms. The first-order valence-electron chi connectivity index (χ1n) is 5.53. The Morgan fingerprint density at radius 3 is 2.65 bits per heavy atom. The van der Waals surface area contributed by atoms with Gasteiger partial charge in [-0.3, -0.25) is 0 Å². The summed E-state index contributed by atoms with van der Waals surface area (Å²) in [6.45, 7) is 2.47. The van der Waals surface area contributed by atoms with E-state index in [0.29, 0.717) is 12.3 Å². The third-order valence-corrected chi connectivity index (χ3v) is 2.32. The van der Waals surface area contributed by atoms with Gasteiger partial charge in [0.2, 0.25) is 0 Å². The molecule has 2 aromatic rings. The molecule has 2 N–H and O–H groups in total. The smallest absolute Gasteiger partial charge is 0.164 e. The molecule has 4 nitrogen and oxygen atoms in total. The number of nitrogens with two attached hydrogens (primary N) is 1. The van der Waals surface area contributed by atoms with Crippen molar-refractivity contribution >= 4 is 0 Å². The van der Waals surface area contributed by atoms with E-state index in [-0.39, 0.29) is 0 Å². The summed E-state index contributed by atoms with van der Waals surface area (Å²) in [6, 6.07) is 7.87.